The first-order valence-corrected chi connectivity index (χ1v) is 7.48. The minimum atomic E-state index is -4.31. The predicted molar refractivity (Wildman–Crippen MR) is 66.9 cm³/mol. The number of rotatable bonds is 10. The second-order valence-electron chi connectivity index (χ2n) is 3.76. The maximum Gasteiger partial charge on any atom is 0.469 e. The molecule has 0 saturated heterocycles. The van der Waals surface area contributed by atoms with E-state index >= 15 is 0 Å². The van der Waals surface area contributed by atoms with E-state index in [-0.39, 0.29) is 12.6 Å². The third kappa shape index (κ3) is 13.4. The molecule has 0 aliphatic rings. The van der Waals surface area contributed by atoms with Crippen LogP contribution < -0.4 is 0 Å². The number of carbonyl (C=O) groups is 1. The Hall–Kier alpha value is -0.680. The van der Waals surface area contributed by atoms with Gasteiger partial charge >= 0.3 is 13.8 Å². The molecule has 7 heteroatoms. The number of hydrogen-bond acceptors (Lipinski definition) is 4. The van der Waals surface area contributed by atoms with E-state index in [2.05, 4.69) is 4.52 Å². The quantitative estimate of drug-likeness (QED) is 0.276. The molecule has 0 saturated carbocycles. The molecule has 0 aromatic rings. The van der Waals surface area contributed by atoms with Gasteiger partial charge in [0.2, 0.25) is 0 Å². The summed E-state index contributed by atoms with van der Waals surface area (Å²) in [6, 6.07) is 0. The summed E-state index contributed by atoms with van der Waals surface area (Å²) in [5.74, 6) is -0.326. The van der Waals surface area contributed by atoms with Crippen LogP contribution in [0.5, 0.6) is 0 Å². The van der Waals surface area contributed by atoms with E-state index in [4.69, 9.17) is 14.5 Å². The molecular formula is C11H21O6P. The third-order valence-electron chi connectivity index (χ3n) is 2.10. The van der Waals surface area contributed by atoms with Crippen molar-refractivity contribution in [3.63, 3.8) is 0 Å². The predicted octanol–water partition coefficient (Wildman–Crippen LogP) is 2.17. The normalized spacial score (nSPS) is 11.9. The molecule has 6 nitrogen and oxygen atoms in total. The number of hydrogen-bond donors (Lipinski definition) is 2. The van der Waals surface area contributed by atoms with Gasteiger partial charge in [-0.05, 0) is 19.8 Å². The van der Waals surface area contributed by atoms with Crippen molar-refractivity contribution >= 4 is 13.8 Å². The van der Waals surface area contributed by atoms with Crippen LogP contribution in [0.25, 0.3) is 0 Å². The lowest BCUT2D eigenvalue weighted by Crippen LogP contribution is -2.02. The number of phosphoric ester groups is 1. The van der Waals surface area contributed by atoms with Crippen LogP contribution in [-0.4, -0.2) is 29.0 Å². The van der Waals surface area contributed by atoms with Crippen molar-refractivity contribution in [1.82, 2.24) is 0 Å². The molecule has 0 atom stereocenters. The van der Waals surface area contributed by atoms with E-state index in [9.17, 15) is 9.36 Å². The Morgan fingerprint density at radius 1 is 1.11 bits per heavy atom. The van der Waals surface area contributed by atoms with Crippen LogP contribution in [0.2, 0.25) is 0 Å². The van der Waals surface area contributed by atoms with Gasteiger partial charge in [0.25, 0.3) is 0 Å². The highest BCUT2D eigenvalue weighted by Crippen LogP contribution is 2.35. The summed E-state index contributed by atoms with van der Waals surface area (Å²) in [5, 5.41) is 0. The zero-order valence-corrected chi connectivity index (χ0v) is 11.5. The van der Waals surface area contributed by atoms with Gasteiger partial charge in [-0.2, -0.15) is 0 Å². The van der Waals surface area contributed by atoms with Gasteiger partial charge in [0.1, 0.15) is 0 Å². The first-order valence-electron chi connectivity index (χ1n) is 5.95. The van der Waals surface area contributed by atoms with Crippen LogP contribution in [0.4, 0.5) is 0 Å². The molecule has 0 aliphatic carbocycles. The highest BCUT2D eigenvalue weighted by molar-refractivity contribution is 7.46. The van der Waals surface area contributed by atoms with Gasteiger partial charge in [0, 0.05) is 6.08 Å². The van der Waals surface area contributed by atoms with Gasteiger partial charge in [0.15, 0.2) is 0 Å². The van der Waals surface area contributed by atoms with E-state index < -0.39 is 7.82 Å². The van der Waals surface area contributed by atoms with Crippen molar-refractivity contribution in [3.8, 4) is 0 Å². The number of esters is 1. The van der Waals surface area contributed by atoms with Gasteiger partial charge < -0.3 is 14.5 Å². The summed E-state index contributed by atoms with van der Waals surface area (Å²) in [6.45, 7) is 2.23. The first kappa shape index (κ1) is 17.3. The van der Waals surface area contributed by atoms with E-state index in [0.29, 0.717) is 13.0 Å². The monoisotopic (exact) mass is 280 g/mol. The number of unbranched alkanes of at least 4 members (excludes halogenated alkanes) is 4. The van der Waals surface area contributed by atoms with Crippen molar-refractivity contribution in [2.45, 2.75) is 39.0 Å². The molecule has 106 valence electrons. The Labute approximate surface area is 107 Å². The minimum Gasteiger partial charge on any atom is -0.463 e. The molecule has 0 amide bonds. The van der Waals surface area contributed by atoms with Crippen LogP contribution >= 0.6 is 7.82 Å². The second-order valence-corrected chi connectivity index (χ2v) is 5.00. The van der Waals surface area contributed by atoms with E-state index in [1.165, 1.54) is 6.08 Å². The molecule has 0 bridgehead atoms. The summed E-state index contributed by atoms with van der Waals surface area (Å²) in [4.78, 5) is 27.8. The maximum atomic E-state index is 10.9. The Morgan fingerprint density at radius 3 is 2.22 bits per heavy atom. The average molecular weight is 280 g/mol. The molecule has 0 spiro atoms. The topological polar surface area (TPSA) is 93.1 Å². The summed E-state index contributed by atoms with van der Waals surface area (Å²) in [5.41, 5.74) is 0. The van der Waals surface area contributed by atoms with Crippen molar-refractivity contribution < 1.29 is 28.4 Å². The van der Waals surface area contributed by atoms with Gasteiger partial charge in [-0.1, -0.05) is 25.3 Å². The smallest absolute Gasteiger partial charge is 0.463 e. The Balaban J connectivity index is 3.22. The number of ether oxygens (including phenoxy) is 1. The van der Waals surface area contributed by atoms with Gasteiger partial charge in [-0.15, -0.1) is 0 Å². The fraction of sp³-hybridized carbons (Fsp3) is 0.727. The molecule has 0 radical (unpaired) electrons. The minimum absolute atomic E-state index is 0.0700. The molecule has 2 N–H and O–H groups in total. The SMILES string of the molecule is CC=CC(=O)OCCCCCCCOP(=O)(O)O. The van der Waals surface area contributed by atoms with Crippen LogP contribution in [-0.2, 0) is 18.6 Å². The molecule has 0 rings (SSSR count). The number of allylic oxidation sites excluding steroid dienone is 1. The Bertz CT molecular complexity index is 296. The third-order valence-corrected chi connectivity index (χ3v) is 2.61. The van der Waals surface area contributed by atoms with Crippen molar-refractivity contribution in [1.29, 1.82) is 0 Å². The van der Waals surface area contributed by atoms with E-state index in [1.807, 2.05) is 0 Å². The van der Waals surface area contributed by atoms with E-state index in [1.54, 1.807) is 13.0 Å². The molecule has 0 fully saturated rings. The first-order chi connectivity index (χ1) is 8.45. The van der Waals surface area contributed by atoms with Crippen LogP contribution in [0.15, 0.2) is 12.2 Å². The molecule has 0 aromatic heterocycles. The summed E-state index contributed by atoms with van der Waals surface area (Å²) >= 11 is 0. The lowest BCUT2D eigenvalue weighted by Gasteiger charge is -2.05. The molecular weight excluding hydrogens is 259 g/mol. The zero-order chi connectivity index (χ0) is 13.9. The highest BCUT2D eigenvalue weighted by Gasteiger charge is 2.12. The zero-order valence-electron chi connectivity index (χ0n) is 10.6. The van der Waals surface area contributed by atoms with Crippen molar-refractivity contribution in [2.24, 2.45) is 0 Å². The number of phosphoric acid groups is 1. The largest absolute Gasteiger partial charge is 0.469 e. The lowest BCUT2D eigenvalue weighted by atomic mass is 10.1. The standard InChI is InChI=1S/C11H21O6P/c1-2-8-11(12)16-9-6-4-3-5-7-10-17-18(13,14)15/h2,8H,3-7,9-10H2,1H3,(H2,13,14,15). The Kier molecular flexibility index (Phi) is 9.87. The lowest BCUT2D eigenvalue weighted by molar-refractivity contribution is -0.137. The summed E-state index contributed by atoms with van der Waals surface area (Å²) in [7, 11) is -4.31. The highest BCUT2D eigenvalue weighted by atomic mass is 31.2. The molecule has 18 heavy (non-hydrogen) atoms. The molecule has 0 aromatic carbocycles. The van der Waals surface area contributed by atoms with Gasteiger partial charge in [-0.25, -0.2) is 9.36 Å². The molecule has 0 aliphatic heterocycles. The average Bonchev–Trinajstić information content (AvgIpc) is 2.25. The van der Waals surface area contributed by atoms with Crippen LogP contribution in [0.1, 0.15) is 39.0 Å². The fourth-order valence-corrected chi connectivity index (χ4v) is 1.64. The van der Waals surface area contributed by atoms with Crippen LogP contribution in [0.3, 0.4) is 0 Å². The second kappa shape index (κ2) is 10.3. The Morgan fingerprint density at radius 2 is 1.67 bits per heavy atom. The fourth-order valence-electron chi connectivity index (χ4n) is 1.27. The summed E-state index contributed by atoms with van der Waals surface area (Å²) in [6.07, 6.45) is 7.09. The molecule has 0 heterocycles. The maximum absolute atomic E-state index is 10.9. The van der Waals surface area contributed by atoms with Crippen molar-refractivity contribution in [3.05, 3.63) is 12.2 Å². The van der Waals surface area contributed by atoms with Crippen LogP contribution in [0, 0.1) is 0 Å². The van der Waals surface area contributed by atoms with Crippen molar-refractivity contribution in [2.75, 3.05) is 13.2 Å². The summed E-state index contributed by atoms with van der Waals surface area (Å²) < 4.78 is 19.5. The number of carbonyl (C=O) groups excluding carboxylic acids is 1. The van der Waals surface area contributed by atoms with Gasteiger partial charge in [0.05, 0.1) is 13.2 Å². The van der Waals surface area contributed by atoms with Gasteiger partial charge in [-0.3, -0.25) is 4.52 Å². The molecule has 0 unspecified atom stereocenters. The van der Waals surface area contributed by atoms with E-state index in [0.717, 1.165) is 25.7 Å².